The van der Waals surface area contributed by atoms with E-state index in [9.17, 15) is 20.0 Å². The van der Waals surface area contributed by atoms with Gasteiger partial charge in [-0.15, -0.1) is 0 Å². The lowest BCUT2D eigenvalue weighted by atomic mass is 10.1. The lowest BCUT2D eigenvalue weighted by molar-refractivity contribution is -0.385. The van der Waals surface area contributed by atoms with Gasteiger partial charge in [0, 0.05) is 19.2 Å². The van der Waals surface area contributed by atoms with Gasteiger partial charge in [0.1, 0.15) is 5.75 Å². The normalized spacial score (nSPS) is 18.7. The van der Waals surface area contributed by atoms with Crippen LogP contribution < -0.4 is 4.74 Å². The Morgan fingerprint density at radius 2 is 2.30 bits per heavy atom. The molecule has 1 aromatic rings. The minimum Gasteiger partial charge on any atom is -0.496 e. The van der Waals surface area contributed by atoms with Crippen molar-refractivity contribution in [3.05, 3.63) is 33.9 Å². The van der Waals surface area contributed by atoms with Crippen LogP contribution in [0.3, 0.4) is 0 Å². The molecule has 2 rings (SSSR count). The van der Waals surface area contributed by atoms with Gasteiger partial charge in [-0.2, -0.15) is 0 Å². The summed E-state index contributed by atoms with van der Waals surface area (Å²) in [6.45, 7) is 0.666. The smallest absolute Gasteiger partial charge is 0.285 e. The summed E-state index contributed by atoms with van der Waals surface area (Å²) >= 11 is 0. The molecular formula is C13H16N2O5. The highest BCUT2D eigenvalue weighted by atomic mass is 16.6. The second kappa shape index (κ2) is 5.87. The van der Waals surface area contributed by atoms with Gasteiger partial charge >= 0.3 is 0 Å². The van der Waals surface area contributed by atoms with Crippen molar-refractivity contribution in [2.24, 2.45) is 0 Å². The van der Waals surface area contributed by atoms with E-state index in [0.717, 1.165) is 0 Å². The first-order chi connectivity index (χ1) is 9.54. The molecule has 1 aromatic carbocycles. The summed E-state index contributed by atoms with van der Waals surface area (Å²) in [5, 5.41) is 20.7. The Morgan fingerprint density at radius 1 is 1.55 bits per heavy atom. The highest BCUT2D eigenvalue weighted by Gasteiger charge is 2.31. The number of aliphatic hydroxyl groups is 1. The van der Waals surface area contributed by atoms with Crippen LogP contribution in [-0.4, -0.2) is 47.1 Å². The topological polar surface area (TPSA) is 92.9 Å². The molecule has 0 saturated carbocycles. The zero-order chi connectivity index (χ0) is 14.7. The minimum absolute atomic E-state index is 0.0610. The van der Waals surface area contributed by atoms with Gasteiger partial charge in [0.25, 0.3) is 11.6 Å². The molecule has 20 heavy (non-hydrogen) atoms. The summed E-state index contributed by atoms with van der Waals surface area (Å²) in [5.74, 6) is -0.308. The van der Waals surface area contributed by atoms with E-state index < -0.39 is 16.9 Å². The van der Waals surface area contributed by atoms with Crippen molar-refractivity contribution >= 4 is 11.6 Å². The molecule has 1 aliphatic rings. The van der Waals surface area contributed by atoms with Crippen molar-refractivity contribution in [3.63, 3.8) is 0 Å². The number of carbonyl (C=O) groups is 1. The lowest BCUT2D eigenvalue weighted by Crippen LogP contribution is -2.42. The number of hydrogen-bond acceptors (Lipinski definition) is 5. The van der Waals surface area contributed by atoms with Gasteiger partial charge < -0.3 is 14.7 Å². The van der Waals surface area contributed by atoms with Crippen molar-refractivity contribution in [2.75, 3.05) is 20.2 Å². The Labute approximate surface area is 115 Å². The van der Waals surface area contributed by atoms with Crippen molar-refractivity contribution in [2.45, 2.75) is 18.9 Å². The van der Waals surface area contributed by atoms with Crippen LogP contribution >= 0.6 is 0 Å². The summed E-state index contributed by atoms with van der Waals surface area (Å²) < 4.78 is 5.06. The number of likely N-dealkylation sites (tertiary alicyclic amines) is 1. The Hall–Kier alpha value is -2.15. The van der Waals surface area contributed by atoms with E-state index in [0.29, 0.717) is 19.4 Å². The van der Waals surface area contributed by atoms with E-state index in [1.165, 1.54) is 30.2 Å². The van der Waals surface area contributed by atoms with E-state index in [-0.39, 0.29) is 23.5 Å². The zero-order valence-corrected chi connectivity index (χ0v) is 11.1. The van der Waals surface area contributed by atoms with E-state index in [4.69, 9.17) is 4.74 Å². The number of amides is 1. The van der Waals surface area contributed by atoms with Crippen LogP contribution in [0.2, 0.25) is 0 Å². The van der Waals surface area contributed by atoms with Crippen LogP contribution in [0.15, 0.2) is 18.2 Å². The first kappa shape index (κ1) is 14.3. The Morgan fingerprint density at radius 3 is 2.90 bits per heavy atom. The number of aliphatic hydroxyl groups excluding tert-OH is 1. The van der Waals surface area contributed by atoms with Gasteiger partial charge in [0.15, 0.2) is 5.56 Å². The third kappa shape index (κ3) is 2.72. The predicted octanol–water partition coefficient (Wildman–Crippen LogP) is 1.20. The lowest BCUT2D eigenvalue weighted by Gasteiger charge is -2.30. The molecule has 0 spiro atoms. The Kier molecular flexibility index (Phi) is 4.19. The zero-order valence-electron chi connectivity index (χ0n) is 11.1. The second-order valence-electron chi connectivity index (χ2n) is 4.66. The summed E-state index contributed by atoms with van der Waals surface area (Å²) in [6, 6.07) is 4.26. The molecule has 1 unspecified atom stereocenters. The van der Waals surface area contributed by atoms with Crippen LogP contribution in [0, 0.1) is 10.1 Å². The number of ether oxygens (including phenoxy) is 1. The third-order valence-electron chi connectivity index (χ3n) is 3.32. The van der Waals surface area contributed by atoms with Crippen LogP contribution in [0.5, 0.6) is 5.75 Å². The van der Waals surface area contributed by atoms with Crippen molar-refractivity contribution in [1.29, 1.82) is 0 Å². The van der Waals surface area contributed by atoms with Crippen LogP contribution in [-0.2, 0) is 0 Å². The van der Waals surface area contributed by atoms with Gasteiger partial charge in [-0.1, -0.05) is 6.07 Å². The molecule has 1 amide bonds. The van der Waals surface area contributed by atoms with Gasteiger partial charge in [0.05, 0.1) is 18.1 Å². The first-order valence-electron chi connectivity index (χ1n) is 6.33. The largest absolute Gasteiger partial charge is 0.496 e. The molecule has 1 saturated heterocycles. The summed E-state index contributed by atoms with van der Waals surface area (Å²) in [6.07, 6.45) is 0.731. The van der Waals surface area contributed by atoms with Crippen molar-refractivity contribution in [1.82, 2.24) is 4.90 Å². The van der Waals surface area contributed by atoms with Gasteiger partial charge in [-0.25, -0.2) is 0 Å². The maximum Gasteiger partial charge on any atom is 0.285 e. The van der Waals surface area contributed by atoms with Gasteiger partial charge in [0.2, 0.25) is 0 Å². The van der Waals surface area contributed by atoms with E-state index >= 15 is 0 Å². The molecule has 1 aliphatic heterocycles. The molecule has 7 nitrogen and oxygen atoms in total. The molecule has 0 aliphatic carbocycles. The highest BCUT2D eigenvalue weighted by molar-refractivity contribution is 6.01. The van der Waals surface area contributed by atoms with Crippen LogP contribution in [0.1, 0.15) is 23.2 Å². The van der Waals surface area contributed by atoms with Gasteiger partial charge in [-0.05, 0) is 18.9 Å². The van der Waals surface area contributed by atoms with Crippen molar-refractivity contribution in [3.8, 4) is 5.75 Å². The number of hydrogen-bond donors (Lipinski definition) is 1. The molecule has 108 valence electrons. The fraction of sp³-hybridized carbons (Fsp3) is 0.462. The number of benzene rings is 1. The third-order valence-corrected chi connectivity index (χ3v) is 3.32. The maximum absolute atomic E-state index is 12.5. The first-order valence-corrected chi connectivity index (χ1v) is 6.33. The fourth-order valence-corrected chi connectivity index (χ4v) is 2.35. The minimum atomic E-state index is -0.601. The average molecular weight is 280 g/mol. The number of methoxy groups -OCH3 is 1. The number of piperidine rings is 1. The number of nitrogens with zero attached hydrogens (tertiary/aromatic N) is 2. The molecule has 0 radical (unpaired) electrons. The predicted molar refractivity (Wildman–Crippen MR) is 70.8 cm³/mol. The average Bonchev–Trinajstić information content (AvgIpc) is 2.45. The fourth-order valence-electron chi connectivity index (χ4n) is 2.35. The molecule has 0 bridgehead atoms. The molecule has 1 atom stereocenters. The maximum atomic E-state index is 12.5. The summed E-state index contributed by atoms with van der Waals surface area (Å²) in [4.78, 5) is 24.4. The number of nitro benzene ring substituents is 1. The summed E-state index contributed by atoms with van der Waals surface area (Å²) in [5.41, 5.74) is -0.344. The van der Waals surface area contributed by atoms with E-state index in [1.54, 1.807) is 0 Å². The number of nitro groups is 1. The van der Waals surface area contributed by atoms with Crippen LogP contribution in [0.25, 0.3) is 0 Å². The second-order valence-corrected chi connectivity index (χ2v) is 4.66. The SMILES string of the molecule is COc1cccc([N+](=O)[O-])c1C(=O)N1CCCC(O)C1. The standard InChI is InChI=1S/C13H16N2O5/c1-20-11-6-2-5-10(15(18)19)12(11)13(17)14-7-3-4-9(16)8-14/h2,5-6,9,16H,3-4,7-8H2,1H3. The molecule has 0 aromatic heterocycles. The monoisotopic (exact) mass is 280 g/mol. The molecule has 1 fully saturated rings. The van der Waals surface area contributed by atoms with E-state index in [1.807, 2.05) is 0 Å². The number of rotatable bonds is 3. The number of β-amino-alcohol motifs (C(OH)–C–C–N with tert-alkyl or cyclic N) is 1. The van der Waals surface area contributed by atoms with Crippen molar-refractivity contribution < 1.29 is 19.6 Å². The Bertz CT molecular complexity index is 531. The molecular weight excluding hydrogens is 264 g/mol. The molecule has 1 heterocycles. The quantitative estimate of drug-likeness (QED) is 0.663. The Balaban J connectivity index is 2.39. The van der Waals surface area contributed by atoms with Gasteiger partial charge in [-0.3, -0.25) is 14.9 Å². The van der Waals surface area contributed by atoms with E-state index in [2.05, 4.69) is 0 Å². The summed E-state index contributed by atoms with van der Waals surface area (Å²) in [7, 11) is 1.36. The molecule has 1 N–H and O–H groups in total. The number of carbonyl (C=O) groups excluding carboxylic acids is 1. The molecule has 7 heteroatoms. The van der Waals surface area contributed by atoms with Crippen LogP contribution in [0.4, 0.5) is 5.69 Å². The highest BCUT2D eigenvalue weighted by Crippen LogP contribution is 2.30.